The second-order valence-corrected chi connectivity index (χ2v) is 4.85. The highest BCUT2D eigenvalue weighted by Crippen LogP contribution is 2.30. The van der Waals surface area contributed by atoms with Gasteiger partial charge in [0.1, 0.15) is 17.3 Å². The summed E-state index contributed by atoms with van der Waals surface area (Å²) in [5, 5.41) is 0. The van der Waals surface area contributed by atoms with Crippen molar-refractivity contribution >= 4 is 23.3 Å². The Morgan fingerprint density at radius 1 is 1.10 bits per heavy atom. The van der Waals surface area contributed by atoms with Crippen LogP contribution in [0.4, 0.5) is 4.39 Å². The van der Waals surface area contributed by atoms with Crippen LogP contribution in [0.15, 0.2) is 36.4 Å². The molecule has 6 heteroatoms. The van der Waals surface area contributed by atoms with E-state index in [0.717, 1.165) is 11.2 Å². The van der Waals surface area contributed by atoms with Crippen molar-refractivity contribution in [2.45, 2.75) is 0 Å². The zero-order chi connectivity index (χ0) is 15.0. The lowest BCUT2D eigenvalue weighted by atomic mass is 10.2. The zero-order valence-electron chi connectivity index (χ0n) is 11.5. The molecule has 0 spiro atoms. The molecular weight excluding hydrogens is 291 g/mol. The first kappa shape index (κ1) is 13.6. The van der Waals surface area contributed by atoms with E-state index in [2.05, 4.69) is 4.98 Å². The Bertz CT molecular complexity index is 870. The fraction of sp³-hybridized carbons (Fsp3) is 0.133. The van der Waals surface area contributed by atoms with Gasteiger partial charge in [0.15, 0.2) is 4.77 Å². The van der Waals surface area contributed by atoms with Crippen LogP contribution < -0.4 is 9.47 Å². The smallest absolute Gasteiger partial charge is 0.182 e. The average molecular weight is 304 g/mol. The second kappa shape index (κ2) is 5.21. The maximum atomic E-state index is 13.3. The first-order valence-corrected chi connectivity index (χ1v) is 6.67. The predicted molar refractivity (Wildman–Crippen MR) is 81.5 cm³/mol. The molecule has 0 aliphatic carbocycles. The number of nitrogens with zero attached hydrogens (tertiary/aromatic N) is 1. The molecule has 1 aromatic heterocycles. The van der Waals surface area contributed by atoms with Gasteiger partial charge in [0.2, 0.25) is 0 Å². The number of benzene rings is 2. The Labute approximate surface area is 125 Å². The highest BCUT2D eigenvalue weighted by Gasteiger charge is 2.12. The van der Waals surface area contributed by atoms with Gasteiger partial charge < -0.3 is 14.5 Å². The number of methoxy groups -OCH3 is 2. The average Bonchev–Trinajstić information content (AvgIpc) is 2.81. The molecule has 0 amide bonds. The molecule has 0 radical (unpaired) electrons. The number of rotatable bonds is 3. The Morgan fingerprint density at radius 3 is 2.62 bits per heavy atom. The van der Waals surface area contributed by atoms with E-state index >= 15 is 0 Å². The third kappa shape index (κ3) is 2.27. The molecule has 2 aromatic carbocycles. The number of hydrogen-bond acceptors (Lipinski definition) is 3. The molecule has 108 valence electrons. The van der Waals surface area contributed by atoms with Crippen molar-refractivity contribution in [3.63, 3.8) is 0 Å². The molecule has 4 nitrogen and oxygen atoms in total. The van der Waals surface area contributed by atoms with E-state index in [-0.39, 0.29) is 5.82 Å². The summed E-state index contributed by atoms with van der Waals surface area (Å²) in [6, 6.07) is 9.95. The molecule has 0 bridgehead atoms. The maximum Gasteiger partial charge on any atom is 0.182 e. The lowest BCUT2D eigenvalue weighted by Gasteiger charge is -2.12. The quantitative estimate of drug-likeness (QED) is 0.747. The molecular formula is C15H13FN2O2S. The Balaban J connectivity index is 2.30. The molecule has 0 aliphatic heterocycles. The van der Waals surface area contributed by atoms with Gasteiger partial charge in [-0.15, -0.1) is 0 Å². The molecule has 0 fully saturated rings. The van der Waals surface area contributed by atoms with Gasteiger partial charge in [-0.1, -0.05) is 0 Å². The van der Waals surface area contributed by atoms with Crippen LogP contribution in [-0.2, 0) is 0 Å². The fourth-order valence-corrected chi connectivity index (χ4v) is 2.60. The zero-order valence-corrected chi connectivity index (χ0v) is 12.3. The Kier molecular flexibility index (Phi) is 3.39. The van der Waals surface area contributed by atoms with Crippen LogP contribution in [0.1, 0.15) is 0 Å². The van der Waals surface area contributed by atoms with Crippen molar-refractivity contribution in [1.82, 2.24) is 9.55 Å². The summed E-state index contributed by atoms with van der Waals surface area (Å²) in [7, 11) is 3.17. The number of aromatic nitrogens is 2. The molecule has 3 aromatic rings. The van der Waals surface area contributed by atoms with Gasteiger partial charge in [0, 0.05) is 6.07 Å². The molecule has 0 aliphatic rings. The number of nitrogens with one attached hydrogen (secondary N) is 1. The monoisotopic (exact) mass is 304 g/mol. The highest BCUT2D eigenvalue weighted by molar-refractivity contribution is 7.71. The van der Waals surface area contributed by atoms with Gasteiger partial charge in [-0.2, -0.15) is 0 Å². The standard InChI is InChI=1S/C15H13FN2O2S/c1-19-10-4-6-13(14(8-10)20-2)18-12-5-3-9(16)7-11(12)17-15(18)21/h3-8H,1-2H3,(H,17,21). The predicted octanol–water partition coefficient (Wildman–Crippen LogP) is 3.84. The summed E-state index contributed by atoms with van der Waals surface area (Å²) in [5.74, 6) is 0.997. The summed E-state index contributed by atoms with van der Waals surface area (Å²) in [5.41, 5.74) is 2.18. The molecule has 1 heterocycles. The summed E-state index contributed by atoms with van der Waals surface area (Å²) >= 11 is 5.35. The molecule has 0 atom stereocenters. The third-order valence-corrected chi connectivity index (χ3v) is 3.56. The SMILES string of the molecule is COc1ccc(-n2c(=S)[nH]c3cc(F)ccc32)c(OC)c1. The fourth-order valence-electron chi connectivity index (χ4n) is 2.29. The Morgan fingerprint density at radius 2 is 1.90 bits per heavy atom. The summed E-state index contributed by atoms with van der Waals surface area (Å²) in [6.45, 7) is 0. The number of imidazole rings is 1. The van der Waals surface area contributed by atoms with Gasteiger partial charge in [-0.3, -0.25) is 4.57 Å². The van der Waals surface area contributed by atoms with Crippen molar-refractivity contribution in [3.05, 3.63) is 47.0 Å². The van der Waals surface area contributed by atoms with Crippen molar-refractivity contribution in [3.8, 4) is 17.2 Å². The first-order chi connectivity index (χ1) is 10.1. The minimum absolute atomic E-state index is 0.312. The van der Waals surface area contributed by atoms with Crippen LogP contribution in [0.3, 0.4) is 0 Å². The van der Waals surface area contributed by atoms with Gasteiger partial charge in [0.05, 0.1) is 30.9 Å². The third-order valence-electron chi connectivity index (χ3n) is 3.27. The van der Waals surface area contributed by atoms with Crippen LogP contribution in [0.25, 0.3) is 16.7 Å². The van der Waals surface area contributed by atoms with Gasteiger partial charge >= 0.3 is 0 Å². The van der Waals surface area contributed by atoms with Crippen molar-refractivity contribution in [2.24, 2.45) is 0 Å². The lowest BCUT2D eigenvalue weighted by molar-refractivity contribution is 0.393. The van der Waals surface area contributed by atoms with Crippen LogP contribution in [0, 0.1) is 10.6 Å². The number of halogens is 1. The van der Waals surface area contributed by atoms with E-state index in [4.69, 9.17) is 21.7 Å². The Hall–Kier alpha value is -2.34. The lowest BCUT2D eigenvalue weighted by Crippen LogP contribution is -1.98. The first-order valence-electron chi connectivity index (χ1n) is 6.26. The molecule has 3 rings (SSSR count). The number of hydrogen-bond donors (Lipinski definition) is 1. The van der Waals surface area contributed by atoms with Gasteiger partial charge in [-0.05, 0) is 42.5 Å². The van der Waals surface area contributed by atoms with Gasteiger partial charge in [0.25, 0.3) is 0 Å². The molecule has 0 unspecified atom stereocenters. The van der Waals surface area contributed by atoms with Crippen LogP contribution in [-0.4, -0.2) is 23.8 Å². The molecule has 1 N–H and O–H groups in total. The number of aromatic amines is 1. The number of H-pyrrole nitrogens is 1. The van der Waals surface area contributed by atoms with E-state index in [9.17, 15) is 4.39 Å². The van der Waals surface area contributed by atoms with Crippen LogP contribution in [0.2, 0.25) is 0 Å². The normalized spacial score (nSPS) is 10.8. The highest BCUT2D eigenvalue weighted by atomic mass is 32.1. The number of ether oxygens (including phenoxy) is 2. The summed E-state index contributed by atoms with van der Waals surface area (Å²) < 4.78 is 26.2. The van der Waals surface area contributed by atoms with Crippen LogP contribution >= 0.6 is 12.2 Å². The largest absolute Gasteiger partial charge is 0.497 e. The molecule has 0 saturated carbocycles. The maximum absolute atomic E-state index is 13.3. The van der Waals surface area contributed by atoms with Crippen LogP contribution in [0.5, 0.6) is 11.5 Å². The minimum Gasteiger partial charge on any atom is -0.497 e. The minimum atomic E-state index is -0.312. The van der Waals surface area contributed by atoms with E-state index in [0.29, 0.717) is 21.8 Å². The van der Waals surface area contributed by atoms with Crippen molar-refractivity contribution in [1.29, 1.82) is 0 Å². The van der Waals surface area contributed by atoms with E-state index in [1.165, 1.54) is 12.1 Å². The number of fused-ring (bicyclic) bond motifs is 1. The molecule has 21 heavy (non-hydrogen) atoms. The second-order valence-electron chi connectivity index (χ2n) is 4.46. The van der Waals surface area contributed by atoms with E-state index in [1.54, 1.807) is 26.4 Å². The molecule has 0 saturated heterocycles. The van der Waals surface area contributed by atoms with Gasteiger partial charge in [-0.25, -0.2) is 4.39 Å². The van der Waals surface area contributed by atoms with E-state index < -0.39 is 0 Å². The summed E-state index contributed by atoms with van der Waals surface area (Å²) in [6.07, 6.45) is 0. The van der Waals surface area contributed by atoms with Crippen molar-refractivity contribution in [2.75, 3.05) is 14.2 Å². The topological polar surface area (TPSA) is 39.2 Å². The summed E-state index contributed by atoms with van der Waals surface area (Å²) in [4.78, 5) is 3.00. The van der Waals surface area contributed by atoms with E-state index in [1.807, 2.05) is 16.7 Å². The van der Waals surface area contributed by atoms with Crippen molar-refractivity contribution < 1.29 is 13.9 Å².